The molecular weight excluding hydrogens is 352 g/mol. The second kappa shape index (κ2) is 7.74. The quantitative estimate of drug-likeness (QED) is 0.522. The highest BCUT2D eigenvalue weighted by Crippen LogP contribution is 2.23. The summed E-state index contributed by atoms with van der Waals surface area (Å²) in [6.45, 7) is 7.52. The van der Waals surface area contributed by atoms with Crippen LogP contribution in [0.25, 0.3) is 11.4 Å². The molecule has 136 valence electrons. The number of thioether (sulfide) groups is 1. The predicted molar refractivity (Wildman–Crippen MR) is 99.4 cm³/mol. The van der Waals surface area contributed by atoms with Crippen molar-refractivity contribution in [3.05, 3.63) is 51.8 Å². The highest BCUT2D eigenvalue weighted by molar-refractivity contribution is 7.98. The van der Waals surface area contributed by atoms with E-state index in [0.29, 0.717) is 33.9 Å². The van der Waals surface area contributed by atoms with Gasteiger partial charge in [0.25, 0.3) is 5.56 Å². The van der Waals surface area contributed by atoms with Gasteiger partial charge in [-0.2, -0.15) is 4.98 Å². The number of H-pyrrole nitrogens is 1. The predicted octanol–water partition coefficient (Wildman–Crippen LogP) is 3.52. The summed E-state index contributed by atoms with van der Waals surface area (Å²) in [7, 11) is 0. The van der Waals surface area contributed by atoms with Crippen molar-refractivity contribution in [1.29, 1.82) is 0 Å². The third-order valence-electron chi connectivity index (χ3n) is 3.66. The van der Waals surface area contributed by atoms with Crippen molar-refractivity contribution in [2.75, 3.05) is 0 Å². The third kappa shape index (κ3) is 4.32. The van der Waals surface area contributed by atoms with Gasteiger partial charge in [0.05, 0.1) is 11.9 Å². The molecule has 0 spiro atoms. The number of aromatic nitrogens is 4. The molecule has 1 N–H and O–H groups in total. The van der Waals surface area contributed by atoms with Crippen LogP contribution in [0.3, 0.4) is 0 Å². The molecule has 3 aromatic rings. The Bertz CT molecular complexity index is 948. The molecule has 3 rings (SSSR count). The van der Waals surface area contributed by atoms with Crippen LogP contribution in [0.1, 0.15) is 31.0 Å². The van der Waals surface area contributed by atoms with Crippen molar-refractivity contribution < 1.29 is 9.26 Å². The van der Waals surface area contributed by atoms with Crippen molar-refractivity contribution in [1.82, 2.24) is 20.1 Å². The molecule has 0 aliphatic carbocycles. The first-order valence-corrected chi connectivity index (χ1v) is 9.21. The van der Waals surface area contributed by atoms with Crippen LogP contribution in [0.2, 0.25) is 0 Å². The van der Waals surface area contributed by atoms with Crippen LogP contribution in [-0.4, -0.2) is 26.2 Å². The Labute approximate surface area is 155 Å². The number of nitrogens with zero attached hydrogens (tertiary/aromatic N) is 3. The van der Waals surface area contributed by atoms with Gasteiger partial charge in [0.15, 0.2) is 5.16 Å². The lowest BCUT2D eigenvalue weighted by Gasteiger charge is -2.09. The average molecular weight is 372 g/mol. The fourth-order valence-corrected chi connectivity index (χ4v) is 2.95. The Morgan fingerprint density at radius 1 is 1.19 bits per heavy atom. The van der Waals surface area contributed by atoms with E-state index in [1.54, 1.807) is 6.92 Å². The topological polar surface area (TPSA) is 93.9 Å². The number of aromatic amines is 1. The van der Waals surface area contributed by atoms with Gasteiger partial charge in [-0.3, -0.25) is 4.79 Å². The Kier molecular flexibility index (Phi) is 5.41. The van der Waals surface area contributed by atoms with Gasteiger partial charge in [0.1, 0.15) is 5.75 Å². The average Bonchev–Trinajstić information content (AvgIpc) is 3.07. The first-order valence-electron chi connectivity index (χ1n) is 8.22. The van der Waals surface area contributed by atoms with Gasteiger partial charge >= 0.3 is 0 Å². The standard InChI is InChI=1S/C18H20N4O3S/c1-10(2)24-14-7-5-13(6-8-14)16-20-15(25-22-16)9-26-18-19-12(4)11(3)17(23)21-18/h5-8,10H,9H2,1-4H3,(H,19,21,23). The monoisotopic (exact) mass is 372 g/mol. The van der Waals surface area contributed by atoms with E-state index in [2.05, 4.69) is 20.1 Å². The maximum Gasteiger partial charge on any atom is 0.254 e. The molecule has 8 heteroatoms. The minimum Gasteiger partial charge on any atom is -0.491 e. The Morgan fingerprint density at radius 3 is 2.58 bits per heavy atom. The number of aryl methyl sites for hydroxylation is 1. The lowest BCUT2D eigenvalue weighted by Crippen LogP contribution is -2.14. The zero-order valence-corrected chi connectivity index (χ0v) is 15.9. The molecule has 26 heavy (non-hydrogen) atoms. The first-order chi connectivity index (χ1) is 12.4. The van der Waals surface area contributed by atoms with Crippen LogP contribution >= 0.6 is 11.8 Å². The van der Waals surface area contributed by atoms with E-state index in [0.717, 1.165) is 11.3 Å². The molecule has 1 aromatic carbocycles. The summed E-state index contributed by atoms with van der Waals surface area (Å²) in [5.41, 5.74) is 2.05. The van der Waals surface area contributed by atoms with Gasteiger partial charge < -0.3 is 14.2 Å². The van der Waals surface area contributed by atoms with E-state index in [1.807, 2.05) is 45.0 Å². The number of benzene rings is 1. The highest BCUT2D eigenvalue weighted by Gasteiger charge is 2.11. The van der Waals surface area contributed by atoms with E-state index >= 15 is 0 Å². The number of rotatable bonds is 6. The Balaban J connectivity index is 1.67. The molecule has 0 fully saturated rings. The molecular formula is C18H20N4O3S. The molecule has 0 unspecified atom stereocenters. The van der Waals surface area contributed by atoms with Gasteiger partial charge in [-0.05, 0) is 52.0 Å². The Morgan fingerprint density at radius 2 is 1.92 bits per heavy atom. The molecule has 0 atom stereocenters. The minimum atomic E-state index is -0.130. The molecule has 0 aliphatic rings. The molecule has 0 saturated heterocycles. The van der Waals surface area contributed by atoms with Gasteiger partial charge in [-0.25, -0.2) is 4.98 Å². The number of ether oxygens (including phenoxy) is 1. The van der Waals surface area contributed by atoms with Crippen molar-refractivity contribution in [3.63, 3.8) is 0 Å². The summed E-state index contributed by atoms with van der Waals surface area (Å²) in [6, 6.07) is 7.54. The largest absolute Gasteiger partial charge is 0.491 e. The molecule has 0 bridgehead atoms. The van der Waals surface area contributed by atoms with Crippen molar-refractivity contribution in [2.45, 2.75) is 44.7 Å². The maximum atomic E-state index is 11.8. The summed E-state index contributed by atoms with van der Waals surface area (Å²) in [5.74, 6) is 2.20. The number of hydrogen-bond acceptors (Lipinski definition) is 7. The second-order valence-electron chi connectivity index (χ2n) is 6.07. The molecule has 2 heterocycles. The van der Waals surface area contributed by atoms with Crippen molar-refractivity contribution in [2.24, 2.45) is 0 Å². The van der Waals surface area contributed by atoms with Crippen LogP contribution in [0.4, 0.5) is 0 Å². The SMILES string of the molecule is Cc1nc(SCc2nc(-c3ccc(OC(C)C)cc3)no2)[nH]c(=O)c1C. The number of hydrogen-bond donors (Lipinski definition) is 1. The second-order valence-corrected chi connectivity index (χ2v) is 7.04. The first kappa shape index (κ1) is 18.2. The molecule has 7 nitrogen and oxygen atoms in total. The lowest BCUT2D eigenvalue weighted by atomic mass is 10.2. The smallest absolute Gasteiger partial charge is 0.254 e. The minimum absolute atomic E-state index is 0.125. The molecule has 0 aliphatic heterocycles. The van der Waals surface area contributed by atoms with Crippen LogP contribution in [0, 0.1) is 13.8 Å². The highest BCUT2D eigenvalue weighted by atomic mass is 32.2. The summed E-state index contributed by atoms with van der Waals surface area (Å²) in [5, 5.41) is 4.54. The molecule has 0 saturated carbocycles. The summed E-state index contributed by atoms with van der Waals surface area (Å²) in [4.78, 5) is 23.3. The molecule has 0 radical (unpaired) electrons. The summed E-state index contributed by atoms with van der Waals surface area (Å²) in [6.07, 6.45) is 0.125. The lowest BCUT2D eigenvalue weighted by molar-refractivity contribution is 0.242. The normalized spacial score (nSPS) is 11.1. The van der Waals surface area contributed by atoms with Gasteiger partial charge in [0.2, 0.25) is 11.7 Å². The van der Waals surface area contributed by atoms with Crippen molar-refractivity contribution >= 4 is 11.8 Å². The fraction of sp³-hybridized carbons (Fsp3) is 0.333. The van der Waals surface area contributed by atoms with Gasteiger partial charge in [-0.15, -0.1) is 0 Å². The van der Waals surface area contributed by atoms with Gasteiger partial charge in [0, 0.05) is 16.8 Å². The van der Waals surface area contributed by atoms with Crippen LogP contribution < -0.4 is 10.3 Å². The van der Waals surface area contributed by atoms with E-state index in [1.165, 1.54) is 11.8 Å². The fourth-order valence-electron chi connectivity index (χ4n) is 2.20. The third-order valence-corrected chi connectivity index (χ3v) is 4.52. The maximum absolute atomic E-state index is 11.8. The van der Waals surface area contributed by atoms with Gasteiger partial charge in [-0.1, -0.05) is 16.9 Å². The van der Waals surface area contributed by atoms with Crippen LogP contribution in [0.15, 0.2) is 38.7 Å². The van der Waals surface area contributed by atoms with E-state index in [-0.39, 0.29) is 11.7 Å². The van der Waals surface area contributed by atoms with E-state index in [4.69, 9.17) is 9.26 Å². The van der Waals surface area contributed by atoms with E-state index in [9.17, 15) is 4.79 Å². The van der Waals surface area contributed by atoms with Crippen molar-refractivity contribution in [3.8, 4) is 17.1 Å². The zero-order chi connectivity index (χ0) is 18.7. The Hall–Kier alpha value is -2.61. The molecule has 2 aromatic heterocycles. The van der Waals surface area contributed by atoms with Crippen LogP contribution in [-0.2, 0) is 5.75 Å². The summed E-state index contributed by atoms with van der Waals surface area (Å²) >= 11 is 1.35. The number of nitrogens with one attached hydrogen (secondary N) is 1. The van der Waals surface area contributed by atoms with Crippen LogP contribution in [0.5, 0.6) is 5.75 Å². The summed E-state index contributed by atoms with van der Waals surface area (Å²) < 4.78 is 10.9. The zero-order valence-electron chi connectivity index (χ0n) is 15.1. The molecule has 0 amide bonds. The van der Waals surface area contributed by atoms with E-state index < -0.39 is 0 Å².